The fourth-order valence-corrected chi connectivity index (χ4v) is 1.98. The molecule has 110 valence electrons. The second-order valence-electron chi connectivity index (χ2n) is 5.11. The molecule has 0 saturated heterocycles. The summed E-state index contributed by atoms with van der Waals surface area (Å²) in [5, 5.41) is 3.30. The average molecular weight is 284 g/mol. The second kappa shape index (κ2) is 6.26. The van der Waals surface area contributed by atoms with Crippen molar-refractivity contribution in [3.8, 4) is 0 Å². The number of carbonyl (C=O) groups excluding carboxylic acids is 1. The molecule has 0 spiro atoms. The lowest BCUT2D eigenvalue weighted by Crippen LogP contribution is -2.22. The Morgan fingerprint density at radius 3 is 2.81 bits per heavy atom. The van der Waals surface area contributed by atoms with E-state index in [9.17, 15) is 4.79 Å². The van der Waals surface area contributed by atoms with Crippen LogP contribution in [0.3, 0.4) is 0 Å². The van der Waals surface area contributed by atoms with Crippen molar-refractivity contribution in [3.63, 3.8) is 0 Å². The first kappa shape index (κ1) is 14.8. The van der Waals surface area contributed by atoms with Crippen LogP contribution in [0.5, 0.6) is 0 Å². The number of carbonyl (C=O) groups is 1. The molecule has 21 heavy (non-hydrogen) atoms. The normalized spacial score (nSPS) is 10.2. The number of rotatable bonds is 4. The van der Waals surface area contributed by atoms with Gasteiger partial charge in [0.25, 0.3) is 5.91 Å². The van der Waals surface area contributed by atoms with Crippen molar-refractivity contribution in [2.24, 2.45) is 0 Å². The van der Waals surface area contributed by atoms with E-state index < -0.39 is 0 Å². The van der Waals surface area contributed by atoms with E-state index in [-0.39, 0.29) is 5.91 Å². The van der Waals surface area contributed by atoms with Crippen LogP contribution in [0.2, 0.25) is 0 Å². The molecule has 0 unspecified atom stereocenters. The van der Waals surface area contributed by atoms with Gasteiger partial charge in [-0.25, -0.2) is 0 Å². The van der Waals surface area contributed by atoms with Gasteiger partial charge in [-0.2, -0.15) is 0 Å². The summed E-state index contributed by atoms with van der Waals surface area (Å²) in [6, 6.07) is 9.45. The Bertz CT molecular complexity index is 652. The molecule has 0 aliphatic heterocycles. The van der Waals surface area contributed by atoms with Gasteiger partial charge in [-0.1, -0.05) is 12.1 Å². The van der Waals surface area contributed by atoms with Crippen LogP contribution in [-0.4, -0.2) is 29.9 Å². The number of aromatic nitrogens is 1. The van der Waals surface area contributed by atoms with Crippen LogP contribution < -0.4 is 11.1 Å². The third kappa shape index (κ3) is 3.51. The first-order valence-corrected chi connectivity index (χ1v) is 6.74. The molecule has 0 bridgehead atoms. The predicted octanol–water partition coefficient (Wildman–Crippen LogP) is 2.29. The van der Waals surface area contributed by atoms with Gasteiger partial charge in [-0.05, 0) is 36.2 Å². The van der Waals surface area contributed by atoms with Crippen LogP contribution >= 0.6 is 0 Å². The van der Waals surface area contributed by atoms with Gasteiger partial charge in [0.1, 0.15) is 5.69 Å². The second-order valence-corrected chi connectivity index (χ2v) is 5.11. The Kier molecular flexibility index (Phi) is 4.42. The zero-order chi connectivity index (χ0) is 15.4. The van der Waals surface area contributed by atoms with Gasteiger partial charge in [-0.3, -0.25) is 9.78 Å². The van der Waals surface area contributed by atoms with Crippen molar-refractivity contribution in [3.05, 3.63) is 53.3 Å². The number of nitrogens with zero attached hydrogens (tertiary/aromatic N) is 2. The van der Waals surface area contributed by atoms with Crippen molar-refractivity contribution in [1.82, 2.24) is 9.88 Å². The Hall–Kier alpha value is -2.56. The highest BCUT2D eigenvalue weighted by Gasteiger charge is 2.10. The summed E-state index contributed by atoms with van der Waals surface area (Å²) in [4.78, 5) is 17.5. The average Bonchev–Trinajstić information content (AvgIpc) is 2.48. The number of benzene rings is 1. The van der Waals surface area contributed by atoms with Gasteiger partial charge in [0, 0.05) is 38.2 Å². The minimum Gasteiger partial charge on any atom is -0.399 e. The van der Waals surface area contributed by atoms with Gasteiger partial charge in [-0.15, -0.1) is 0 Å². The molecular weight excluding hydrogens is 264 g/mol. The maximum absolute atomic E-state index is 11.9. The zero-order valence-electron chi connectivity index (χ0n) is 12.6. The first-order valence-electron chi connectivity index (χ1n) is 6.74. The molecule has 2 aromatic rings. The molecule has 0 aliphatic carbocycles. The SMILES string of the molecule is Cc1c(N)cccc1CNc1ccnc(C(=O)N(C)C)c1. The highest BCUT2D eigenvalue weighted by molar-refractivity contribution is 5.92. The molecule has 0 saturated carbocycles. The number of nitrogens with one attached hydrogen (secondary N) is 1. The van der Waals surface area contributed by atoms with Gasteiger partial charge < -0.3 is 16.0 Å². The minimum absolute atomic E-state index is 0.112. The molecule has 1 aromatic carbocycles. The van der Waals surface area contributed by atoms with Crippen LogP contribution in [0.1, 0.15) is 21.6 Å². The molecule has 0 aliphatic rings. The number of hydrogen-bond acceptors (Lipinski definition) is 4. The maximum atomic E-state index is 11.9. The topological polar surface area (TPSA) is 71.2 Å². The van der Waals surface area contributed by atoms with Crippen LogP contribution in [0.4, 0.5) is 11.4 Å². The van der Waals surface area contributed by atoms with Crippen molar-refractivity contribution < 1.29 is 4.79 Å². The molecule has 1 amide bonds. The van der Waals surface area contributed by atoms with E-state index in [0.29, 0.717) is 12.2 Å². The van der Waals surface area contributed by atoms with Crippen molar-refractivity contribution in [2.75, 3.05) is 25.1 Å². The van der Waals surface area contributed by atoms with E-state index in [4.69, 9.17) is 5.73 Å². The summed E-state index contributed by atoms with van der Waals surface area (Å²) in [6.45, 7) is 2.65. The van der Waals surface area contributed by atoms with E-state index >= 15 is 0 Å². The van der Waals surface area contributed by atoms with Crippen LogP contribution in [0.25, 0.3) is 0 Å². The number of amides is 1. The zero-order valence-corrected chi connectivity index (χ0v) is 12.6. The van der Waals surface area contributed by atoms with E-state index in [2.05, 4.69) is 10.3 Å². The maximum Gasteiger partial charge on any atom is 0.272 e. The van der Waals surface area contributed by atoms with Crippen molar-refractivity contribution in [2.45, 2.75) is 13.5 Å². The molecule has 2 rings (SSSR count). The lowest BCUT2D eigenvalue weighted by atomic mass is 10.1. The van der Waals surface area contributed by atoms with Gasteiger partial charge in [0.2, 0.25) is 0 Å². The standard InChI is InChI=1S/C16H20N4O/c1-11-12(5-4-6-14(11)17)10-19-13-7-8-18-15(9-13)16(21)20(2)3/h4-9H,10,17H2,1-3H3,(H,18,19). The van der Waals surface area contributed by atoms with Gasteiger partial charge >= 0.3 is 0 Å². The summed E-state index contributed by atoms with van der Waals surface area (Å²) >= 11 is 0. The highest BCUT2D eigenvalue weighted by Crippen LogP contribution is 2.17. The fourth-order valence-electron chi connectivity index (χ4n) is 1.98. The molecule has 0 radical (unpaired) electrons. The quantitative estimate of drug-likeness (QED) is 0.845. The van der Waals surface area contributed by atoms with E-state index in [1.165, 1.54) is 4.90 Å². The van der Waals surface area contributed by atoms with Crippen LogP contribution in [0.15, 0.2) is 36.5 Å². The van der Waals surface area contributed by atoms with E-state index in [1.54, 1.807) is 26.4 Å². The Morgan fingerprint density at radius 2 is 2.10 bits per heavy atom. The Morgan fingerprint density at radius 1 is 1.33 bits per heavy atom. The number of pyridine rings is 1. The Balaban J connectivity index is 2.12. The lowest BCUT2D eigenvalue weighted by molar-refractivity contribution is 0.0822. The third-order valence-electron chi connectivity index (χ3n) is 3.36. The van der Waals surface area contributed by atoms with Crippen molar-refractivity contribution in [1.29, 1.82) is 0 Å². The lowest BCUT2D eigenvalue weighted by Gasteiger charge is -2.13. The molecule has 0 atom stereocenters. The summed E-state index contributed by atoms with van der Waals surface area (Å²) in [5.41, 5.74) is 10.2. The monoisotopic (exact) mass is 284 g/mol. The molecule has 1 heterocycles. The smallest absolute Gasteiger partial charge is 0.272 e. The number of hydrogen-bond donors (Lipinski definition) is 2. The predicted molar refractivity (Wildman–Crippen MR) is 85.2 cm³/mol. The van der Waals surface area contributed by atoms with Crippen LogP contribution in [-0.2, 0) is 6.54 Å². The summed E-state index contributed by atoms with van der Waals surface area (Å²) in [6.07, 6.45) is 1.63. The van der Waals surface area contributed by atoms with E-state index in [1.807, 2.05) is 31.2 Å². The third-order valence-corrected chi connectivity index (χ3v) is 3.36. The fraction of sp³-hybridized carbons (Fsp3) is 0.250. The van der Waals surface area contributed by atoms with Crippen LogP contribution in [0, 0.1) is 6.92 Å². The summed E-state index contributed by atoms with van der Waals surface area (Å²) < 4.78 is 0. The largest absolute Gasteiger partial charge is 0.399 e. The summed E-state index contributed by atoms with van der Waals surface area (Å²) in [7, 11) is 3.42. The minimum atomic E-state index is -0.112. The molecule has 0 fully saturated rings. The molecule has 3 N–H and O–H groups in total. The number of nitrogen functional groups attached to an aromatic ring is 1. The molecular formula is C16H20N4O. The summed E-state index contributed by atoms with van der Waals surface area (Å²) in [5.74, 6) is -0.112. The number of anilines is 2. The van der Waals surface area contributed by atoms with Crippen molar-refractivity contribution >= 4 is 17.3 Å². The molecule has 5 nitrogen and oxygen atoms in total. The van der Waals surface area contributed by atoms with Gasteiger partial charge in [0.15, 0.2) is 0 Å². The number of nitrogens with two attached hydrogens (primary N) is 1. The highest BCUT2D eigenvalue weighted by atomic mass is 16.2. The van der Waals surface area contributed by atoms with E-state index in [0.717, 1.165) is 22.5 Å². The Labute approximate surface area is 124 Å². The molecule has 1 aromatic heterocycles. The molecule has 5 heteroatoms. The van der Waals surface area contributed by atoms with Gasteiger partial charge in [0.05, 0.1) is 0 Å². The first-order chi connectivity index (χ1) is 9.99.